The highest BCUT2D eigenvalue weighted by molar-refractivity contribution is 7.16. The number of hydrogen-bond acceptors (Lipinski definition) is 5. The summed E-state index contributed by atoms with van der Waals surface area (Å²) in [5.41, 5.74) is 0. The Morgan fingerprint density at radius 3 is 2.93 bits per heavy atom. The molecule has 1 aliphatic rings. The van der Waals surface area contributed by atoms with Gasteiger partial charge in [-0.2, -0.15) is 5.26 Å². The molecular weight excluding hydrogens is 234 g/mol. The Bertz CT molecular complexity index is 395. The molecule has 0 unspecified atom stereocenters. The molecule has 1 aliphatic carbocycles. The Morgan fingerprint density at radius 2 is 2.40 bits per heavy atom. The summed E-state index contributed by atoms with van der Waals surface area (Å²) in [4.78, 5) is 4.46. The standard InChI is InChI=1S/C9H10ClN3OS/c10-8-7(3-11)15-9(13-8)12-4-5-1-6(14)2-5/h5-6,14H,1-2,4H2,(H,12,13). The first-order chi connectivity index (χ1) is 7.19. The maximum atomic E-state index is 9.10. The van der Waals surface area contributed by atoms with E-state index in [2.05, 4.69) is 10.3 Å². The number of anilines is 1. The molecule has 2 rings (SSSR count). The van der Waals surface area contributed by atoms with E-state index in [1.54, 1.807) is 0 Å². The minimum atomic E-state index is -0.133. The molecule has 2 N–H and O–H groups in total. The molecule has 6 heteroatoms. The molecule has 0 amide bonds. The number of aliphatic hydroxyl groups excluding tert-OH is 1. The fourth-order valence-electron chi connectivity index (χ4n) is 1.54. The molecule has 0 aromatic carbocycles. The van der Waals surface area contributed by atoms with Gasteiger partial charge >= 0.3 is 0 Å². The third-order valence-corrected chi connectivity index (χ3v) is 3.74. The minimum Gasteiger partial charge on any atom is -0.393 e. The summed E-state index contributed by atoms with van der Waals surface area (Å²) >= 11 is 6.99. The molecule has 0 spiro atoms. The Hall–Kier alpha value is -0.830. The third-order valence-electron chi connectivity index (χ3n) is 2.44. The van der Waals surface area contributed by atoms with Gasteiger partial charge in [0.2, 0.25) is 0 Å². The van der Waals surface area contributed by atoms with E-state index in [-0.39, 0.29) is 11.3 Å². The summed E-state index contributed by atoms with van der Waals surface area (Å²) in [6.07, 6.45) is 1.56. The number of hydrogen-bond donors (Lipinski definition) is 2. The van der Waals surface area contributed by atoms with E-state index in [4.69, 9.17) is 22.0 Å². The maximum absolute atomic E-state index is 9.10. The molecule has 0 saturated heterocycles. The van der Waals surface area contributed by atoms with Gasteiger partial charge in [0.1, 0.15) is 10.9 Å². The number of aromatic nitrogens is 1. The lowest BCUT2D eigenvalue weighted by Gasteiger charge is -2.31. The number of nitrogens with zero attached hydrogens (tertiary/aromatic N) is 2. The van der Waals surface area contributed by atoms with E-state index in [1.165, 1.54) is 11.3 Å². The largest absolute Gasteiger partial charge is 0.393 e. The maximum Gasteiger partial charge on any atom is 0.185 e. The van der Waals surface area contributed by atoms with Gasteiger partial charge in [-0.25, -0.2) is 4.98 Å². The Labute approximate surface area is 96.5 Å². The van der Waals surface area contributed by atoms with Crippen molar-refractivity contribution in [2.75, 3.05) is 11.9 Å². The summed E-state index contributed by atoms with van der Waals surface area (Å²) in [6.45, 7) is 0.784. The molecule has 4 nitrogen and oxygen atoms in total. The molecule has 1 fully saturated rings. The lowest BCUT2D eigenvalue weighted by molar-refractivity contribution is 0.0487. The molecular formula is C9H10ClN3OS. The Morgan fingerprint density at radius 1 is 1.67 bits per heavy atom. The van der Waals surface area contributed by atoms with Gasteiger partial charge in [0, 0.05) is 6.54 Å². The van der Waals surface area contributed by atoms with Gasteiger partial charge in [-0.05, 0) is 18.8 Å². The molecule has 0 atom stereocenters. The smallest absolute Gasteiger partial charge is 0.185 e. The van der Waals surface area contributed by atoms with Crippen LogP contribution in [0.3, 0.4) is 0 Å². The molecule has 0 radical (unpaired) electrons. The van der Waals surface area contributed by atoms with E-state index in [0.717, 1.165) is 19.4 Å². The zero-order valence-corrected chi connectivity index (χ0v) is 9.48. The second kappa shape index (κ2) is 4.35. The van der Waals surface area contributed by atoms with Crippen molar-refractivity contribution in [1.82, 2.24) is 4.98 Å². The van der Waals surface area contributed by atoms with E-state index >= 15 is 0 Å². The molecule has 1 heterocycles. The normalized spacial score (nSPS) is 24.3. The number of rotatable bonds is 3. The zero-order valence-electron chi connectivity index (χ0n) is 7.90. The number of aliphatic hydroxyl groups is 1. The summed E-state index contributed by atoms with van der Waals surface area (Å²) in [7, 11) is 0. The first-order valence-electron chi connectivity index (χ1n) is 4.67. The summed E-state index contributed by atoms with van der Waals surface area (Å²) < 4.78 is 0. The van der Waals surface area contributed by atoms with Crippen LogP contribution in [0.25, 0.3) is 0 Å². The van der Waals surface area contributed by atoms with Crippen molar-refractivity contribution in [2.45, 2.75) is 18.9 Å². The quantitative estimate of drug-likeness (QED) is 0.850. The van der Waals surface area contributed by atoms with Crippen LogP contribution in [0.2, 0.25) is 5.15 Å². The second-order valence-electron chi connectivity index (χ2n) is 3.62. The van der Waals surface area contributed by atoms with Crippen LogP contribution in [-0.4, -0.2) is 22.7 Å². The lowest BCUT2D eigenvalue weighted by atomic mass is 9.82. The molecule has 1 aromatic rings. The van der Waals surface area contributed by atoms with Gasteiger partial charge in [-0.15, -0.1) is 0 Å². The zero-order chi connectivity index (χ0) is 10.8. The first-order valence-corrected chi connectivity index (χ1v) is 5.87. The van der Waals surface area contributed by atoms with Gasteiger partial charge in [-0.1, -0.05) is 22.9 Å². The van der Waals surface area contributed by atoms with Crippen LogP contribution >= 0.6 is 22.9 Å². The van der Waals surface area contributed by atoms with E-state index < -0.39 is 0 Å². The van der Waals surface area contributed by atoms with Crippen molar-refractivity contribution in [3.8, 4) is 6.07 Å². The van der Waals surface area contributed by atoms with Crippen LogP contribution in [0.4, 0.5) is 5.13 Å². The van der Waals surface area contributed by atoms with Gasteiger partial charge in [0.15, 0.2) is 10.3 Å². The average molecular weight is 244 g/mol. The monoisotopic (exact) mass is 243 g/mol. The average Bonchev–Trinajstić information content (AvgIpc) is 2.52. The van der Waals surface area contributed by atoms with Crippen molar-refractivity contribution < 1.29 is 5.11 Å². The van der Waals surface area contributed by atoms with Crippen molar-refractivity contribution in [3.05, 3.63) is 10.0 Å². The molecule has 80 valence electrons. The number of halogens is 1. The van der Waals surface area contributed by atoms with Crippen LogP contribution in [0.5, 0.6) is 0 Å². The Balaban J connectivity index is 1.86. The molecule has 15 heavy (non-hydrogen) atoms. The molecule has 0 aliphatic heterocycles. The summed E-state index contributed by atoms with van der Waals surface area (Å²) in [5, 5.41) is 21.8. The molecule has 1 saturated carbocycles. The van der Waals surface area contributed by atoms with Crippen molar-refractivity contribution in [1.29, 1.82) is 5.26 Å². The predicted molar refractivity (Wildman–Crippen MR) is 59.1 cm³/mol. The van der Waals surface area contributed by atoms with E-state index in [9.17, 15) is 0 Å². The van der Waals surface area contributed by atoms with Gasteiger partial charge < -0.3 is 10.4 Å². The fraction of sp³-hybridized carbons (Fsp3) is 0.556. The first kappa shape index (κ1) is 10.7. The van der Waals surface area contributed by atoms with Crippen molar-refractivity contribution >= 4 is 28.1 Å². The van der Waals surface area contributed by atoms with Crippen LogP contribution < -0.4 is 5.32 Å². The van der Waals surface area contributed by atoms with Crippen molar-refractivity contribution in [2.24, 2.45) is 5.92 Å². The minimum absolute atomic E-state index is 0.133. The Kier molecular flexibility index (Phi) is 3.10. The topological polar surface area (TPSA) is 68.9 Å². The van der Waals surface area contributed by atoms with Crippen molar-refractivity contribution in [3.63, 3.8) is 0 Å². The predicted octanol–water partition coefficient (Wildman–Crippen LogP) is 1.85. The van der Waals surface area contributed by atoms with E-state index in [1.807, 2.05) is 6.07 Å². The molecule has 0 bridgehead atoms. The van der Waals surface area contributed by atoms with Gasteiger partial charge in [-0.3, -0.25) is 0 Å². The van der Waals surface area contributed by atoms with Crippen LogP contribution in [0.1, 0.15) is 17.7 Å². The van der Waals surface area contributed by atoms with Crippen LogP contribution in [0, 0.1) is 17.2 Å². The van der Waals surface area contributed by atoms with Crippen LogP contribution in [0.15, 0.2) is 0 Å². The van der Waals surface area contributed by atoms with Gasteiger partial charge in [0.25, 0.3) is 0 Å². The third kappa shape index (κ3) is 2.40. The number of nitrogens with one attached hydrogen (secondary N) is 1. The summed E-state index contributed by atoms with van der Waals surface area (Å²) in [6, 6.07) is 1.98. The second-order valence-corrected chi connectivity index (χ2v) is 4.98. The highest BCUT2D eigenvalue weighted by atomic mass is 35.5. The number of nitriles is 1. The molecule has 1 aromatic heterocycles. The fourth-order valence-corrected chi connectivity index (χ4v) is 2.50. The van der Waals surface area contributed by atoms with Crippen LogP contribution in [-0.2, 0) is 0 Å². The van der Waals surface area contributed by atoms with Gasteiger partial charge in [0.05, 0.1) is 6.10 Å². The number of thiazole rings is 1. The van der Waals surface area contributed by atoms with E-state index in [0.29, 0.717) is 15.9 Å². The highest BCUT2D eigenvalue weighted by Crippen LogP contribution is 2.29. The lowest BCUT2D eigenvalue weighted by Crippen LogP contribution is -2.33. The SMILES string of the molecule is N#Cc1sc(NCC2CC(O)C2)nc1Cl. The summed E-state index contributed by atoms with van der Waals surface area (Å²) in [5.74, 6) is 0.508. The highest BCUT2D eigenvalue weighted by Gasteiger charge is 2.26.